The molecule has 1 aromatic carbocycles. The van der Waals surface area contributed by atoms with Gasteiger partial charge in [0.25, 0.3) is 0 Å². The predicted octanol–water partition coefficient (Wildman–Crippen LogP) is 2.24. The topological polar surface area (TPSA) is 101 Å². The molecule has 3 amide bonds. The maximum Gasteiger partial charge on any atom is 0.330 e. The second-order valence-electron chi connectivity index (χ2n) is 6.97. The largest absolute Gasteiger partial charge is 0.393 e. The molecule has 0 bridgehead atoms. The van der Waals surface area contributed by atoms with Crippen LogP contribution in [0.2, 0.25) is 0 Å². The molecule has 0 spiro atoms. The number of nitrogens with one attached hydrogen (secondary N) is 3. The van der Waals surface area contributed by atoms with Crippen LogP contribution < -0.4 is 10.6 Å². The smallest absolute Gasteiger partial charge is 0.330 e. The fraction of sp³-hybridized carbons (Fsp3) is 0.300. The monoisotopic (exact) mass is 378 g/mol. The Labute approximate surface area is 162 Å². The van der Waals surface area contributed by atoms with Crippen molar-refractivity contribution >= 4 is 40.3 Å². The van der Waals surface area contributed by atoms with Crippen molar-refractivity contribution in [1.82, 2.24) is 20.1 Å². The van der Waals surface area contributed by atoms with Crippen LogP contribution in [0.15, 0.2) is 36.7 Å². The summed E-state index contributed by atoms with van der Waals surface area (Å²) in [6, 6.07) is 6.97. The summed E-state index contributed by atoms with van der Waals surface area (Å²) in [5, 5.41) is 15.1. The molecule has 8 heteroatoms. The van der Waals surface area contributed by atoms with E-state index < -0.39 is 6.03 Å². The van der Waals surface area contributed by atoms with E-state index in [1.807, 2.05) is 23.1 Å². The van der Waals surface area contributed by atoms with Gasteiger partial charge in [0, 0.05) is 43.2 Å². The molecular formula is C20H22N6O2. The Morgan fingerprint density at radius 3 is 2.93 bits per heavy atom. The van der Waals surface area contributed by atoms with Crippen LogP contribution in [-0.2, 0) is 4.79 Å². The molecule has 2 aromatic rings. The maximum absolute atomic E-state index is 12.6. The second-order valence-corrected chi connectivity index (χ2v) is 6.97. The van der Waals surface area contributed by atoms with Crippen molar-refractivity contribution in [3.63, 3.8) is 0 Å². The van der Waals surface area contributed by atoms with Crippen molar-refractivity contribution in [2.75, 3.05) is 25.6 Å². The zero-order valence-electron chi connectivity index (χ0n) is 15.6. The fourth-order valence-corrected chi connectivity index (χ4v) is 3.80. The van der Waals surface area contributed by atoms with Gasteiger partial charge in [0.1, 0.15) is 5.82 Å². The number of anilines is 1. The minimum Gasteiger partial charge on any atom is -0.393 e. The highest BCUT2D eigenvalue weighted by atomic mass is 16.2. The van der Waals surface area contributed by atoms with Gasteiger partial charge in [0.2, 0.25) is 5.91 Å². The number of rotatable bonds is 4. The third-order valence-electron chi connectivity index (χ3n) is 5.23. The minimum absolute atomic E-state index is 0.133. The van der Waals surface area contributed by atoms with Crippen molar-refractivity contribution in [3.8, 4) is 0 Å². The number of nitrogens with zero attached hydrogens (tertiary/aromatic N) is 3. The molecule has 2 aliphatic heterocycles. The van der Waals surface area contributed by atoms with E-state index >= 15 is 0 Å². The molecule has 3 N–H and O–H groups in total. The first kappa shape index (κ1) is 18.1. The summed E-state index contributed by atoms with van der Waals surface area (Å²) in [6.45, 7) is 1.19. The van der Waals surface area contributed by atoms with E-state index in [9.17, 15) is 9.59 Å². The van der Waals surface area contributed by atoms with E-state index in [2.05, 4.69) is 15.6 Å². The molecule has 1 atom stereocenters. The van der Waals surface area contributed by atoms with E-state index in [0.717, 1.165) is 41.3 Å². The number of aromatic nitrogens is 1. The predicted molar refractivity (Wildman–Crippen MR) is 108 cm³/mol. The van der Waals surface area contributed by atoms with Gasteiger partial charge in [0.05, 0.1) is 12.7 Å². The Bertz CT molecular complexity index is 986. The molecule has 0 saturated carbocycles. The molecule has 2 aliphatic rings. The lowest BCUT2D eigenvalue weighted by Crippen LogP contribution is -2.38. The van der Waals surface area contributed by atoms with Gasteiger partial charge in [-0.3, -0.25) is 15.0 Å². The Morgan fingerprint density at radius 2 is 2.18 bits per heavy atom. The van der Waals surface area contributed by atoms with Gasteiger partial charge in [-0.1, -0.05) is 12.1 Å². The lowest BCUT2D eigenvalue weighted by atomic mass is 10.0. The zero-order valence-corrected chi connectivity index (χ0v) is 15.6. The van der Waals surface area contributed by atoms with Gasteiger partial charge >= 0.3 is 6.03 Å². The van der Waals surface area contributed by atoms with Crippen LogP contribution in [0.25, 0.3) is 16.3 Å². The van der Waals surface area contributed by atoms with Crippen molar-refractivity contribution in [2.45, 2.75) is 18.9 Å². The third-order valence-corrected chi connectivity index (χ3v) is 5.23. The molecule has 8 nitrogen and oxygen atoms in total. The van der Waals surface area contributed by atoms with Crippen molar-refractivity contribution in [3.05, 3.63) is 42.2 Å². The van der Waals surface area contributed by atoms with Gasteiger partial charge in [-0.2, -0.15) is 0 Å². The quantitative estimate of drug-likeness (QED) is 0.709. The zero-order chi connectivity index (χ0) is 19.7. The van der Waals surface area contributed by atoms with Crippen LogP contribution in [0, 0.1) is 5.41 Å². The molecule has 4 rings (SSSR count). The summed E-state index contributed by atoms with van der Waals surface area (Å²) in [7, 11) is 1.78. The van der Waals surface area contributed by atoms with Gasteiger partial charge in [0.15, 0.2) is 0 Å². The van der Waals surface area contributed by atoms with E-state index in [4.69, 9.17) is 5.41 Å². The molecular weight excluding hydrogens is 356 g/mol. The number of allylic oxidation sites excluding steroid dienone is 1. The highest BCUT2D eigenvalue weighted by Gasteiger charge is 2.43. The van der Waals surface area contributed by atoms with Crippen LogP contribution >= 0.6 is 0 Å². The molecule has 1 aromatic heterocycles. The molecule has 2 saturated heterocycles. The standard InChI is InChI=1S/C20H22N6O2/c1-22-10-16(9-21)13-4-5-14-11-23-18(8-15(14)7-13)24-20(28)26-12-25-6-2-3-17(25)19(26)27/h4-5,7-11,17,21-22H,2-3,6,12H2,1H3,(H,23,24,28)/b16-10+,21-9?. The molecule has 28 heavy (non-hydrogen) atoms. The third kappa shape index (κ3) is 3.22. The summed E-state index contributed by atoms with van der Waals surface area (Å²) in [4.78, 5) is 32.6. The number of hydrogen-bond acceptors (Lipinski definition) is 6. The van der Waals surface area contributed by atoms with Crippen molar-refractivity contribution in [1.29, 1.82) is 5.41 Å². The Balaban J connectivity index is 1.55. The van der Waals surface area contributed by atoms with Gasteiger partial charge in [-0.15, -0.1) is 0 Å². The Hall–Kier alpha value is -3.26. The number of carbonyl (C=O) groups is 2. The van der Waals surface area contributed by atoms with Crippen LogP contribution in [-0.4, -0.2) is 59.2 Å². The normalized spacial score (nSPS) is 19.8. The number of benzene rings is 1. The number of pyridine rings is 1. The fourth-order valence-electron chi connectivity index (χ4n) is 3.80. The van der Waals surface area contributed by atoms with Gasteiger partial charge in [-0.25, -0.2) is 14.7 Å². The summed E-state index contributed by atoms with van der Waals surface area (Å²) in [5.74, 6) is 0.259. The van der Waals surface area contributed by atoms with Crippen LogP contribution in [0.1, 0.15) is 18.4 Å². The summed E-state index contributed by atoms with van der Waals surface area (Å²) in [6.07, 6.45) is 6.54. The Kier molecular flexibility index (Phi) is 4.79. The molecule has 1 unspecified atom stereocenters. The maximum atomic E-state index is 12.6. The van der Waals surface area contributed by atoms with E-state index in [0.29, 0.717) is 12.5 Å². The lowest BCUT2D eigenvalue weighted by Gasteiger charge is -2.16. The summed E-state index contributed by atoms with van der Waals surface area (Å²) >= 11 is 0. The van der Waals surface area contributed by atoms with Gasteiger partial charge < -0.3 is 10.7 Å². The number of hydrogen-bond donors (Lipinski definition) is 3. The SMILES string of the molecule is CN/C=C(\C=N)c1ccc2cnc(NC(=O)N3CN4CCCC4C3=O)cc2c1. The molecule has 0 radical (unpaired) electrons. The van der Waals surface area contributed by atoms with Gasteiger partial charge in [-0.05, 0) is 35.9 Å². The molecule has 3 heterocycles. The molecule has 2 fully saturated rings. The van der Waals surface area contributed by atoms with E-state index in [1.165, 1.54) is 11.1 Å². The number of amides is 3. The molecule has 144 valence electrons. The minimum atomic E-state index is -0.447. The van der Waals surface area contributed by atoms with Crippen LogP contribution in [0.5, 0.6) is 0 Å². The average molecular weight is 378 g/mol. The lowest BCUT2D eigenvalue weighted by molar-refractivity contribution is -0.126. The Morgan fingerprint density at radius 1 is 1.32 bits per heavy atom. The first-order valence-corrected chi connectivity index (χ1v) is 9.25. The van der Waals surface area contributed by atoms with Crippen LogP contribution in [0.4, 0.5) is 10.6 Å². The number of urea groups is 1. The summed E-state index contributed by atoms with van der Waals surface area (Å²) < 4.78 is 0. The number of imide groups is 1. The van der Waals surface area contributed by atoms with E-state index in [-0.39, 0.29) is 11.9 Å². The van der Waals surface area contributed by atoms with Crippen molar-refractivity contribution < 1.29 is 9.59 Å². The highest BCUT2D eigenvalue weighted by molar-refractivity contribution is 6.09. The van der Waals surface area contributed by atoms with Crippen molar-refractivity contribution in [2.24, 2.45) is 0 Å². The number of carbonyl (C=O) groups excluding carboxylic acids is 2. The first-order valence-electron chi connectivity index (χ1n) is 9.25. The second kappa shape index (κ2) is 7.40. The average Bonchev–Trinajstić information content (AvgIpc) is 3.28. The number of fused-ring (bicyclic) bond motifs is 2. The summed E-state index contributed by atoms with van der Waals surface area (Å²) in [5.41, 5.74) is 1.63. The van der Waals surface area contributed by atoms with E-state index in [1.54, 1.807) is 25.5 Å². The first-order chi connectivity index (χ1) is 13.6. The molecule has 0 aliphatic carbocycles. The van der Waals surface area contributed by atoms with Crippen LogP contribution in [0.3, 0.4) is 0 Å². The highest BCUT2D eigenvalue weighted by Crippen LogP contribution is 2.26.